The highest BCUT2D eigenvalue weighted by molar-refractivity contribution is 6.42. The number of esters is 1. The molecule has 1 heterocycles. The zero-order valence-corrected chi connectivity index (χ0v) is 10.5. The van der Waals surface area contributed by atoms with E-state index in [1.54, 1.807) is 19.1 Å². The van der Waals surface area contributed by atoms with Crippen LogP contribution in [-0.4, -0.2) is 27.6 Å². The van der Waals surface area contributed by atoms with Crippen molar-refractivity contribution in [2.75, 3.05) is 6.61 Å². The van der Waals surface area contributed by atoms with Crippen LogP contribution in [0.4, 0.5) is 0 Å². The summed E-state index contributed by atoms with van der Waals surface area (Å²) >= 11 is 11.7. The minimum atomic E-state index is -0.384. The van der Waals surface area contributed by atoms with Crippen molar-refractivity contribution in [1.29, 1.82) is 0 Å². The lowest BCUT2D eigenvalue weighted by Gasteiger charge is -1.99. The summed E-state index contributed by atoms with van der Waals surface area (Å²) in [5, 5.41) is 9.01. The zero-order valence-electron chi connectivity index (χ0n) is 8.98. The van der Waals surface area contributed by atoms with Gasteiger partial charge >= 0.3 is 5.97 Å². The molecule has 0 saturated heterocycles. The molecule has 1 aromatic carbocycles. The molecule has 0 radical (unpaired) electrons. The molecular formula is C10H9Cl2N3O2. The number of benzene rings is 1. The average Bonchev–Trinajstić information content (AvgIpc) is 2.60. The molecular weight excluding hydrogens is 265 g/mol. The summed E-state index contributed by atoms with van der Waals surface area (Å²) in [6.07, 6.45) is 0. The van der Waals surface area contributed by atoms with Crippen molar-refractivity contribution in [2.45, 2.75) is 13.5 Å². The largest absolute Gasteiger partial charge is 0.465 e. The van der Waals surface area contributed by atoms with Crippen molar-refractivity contribution in [2.24, 2.45) is 0 Å². The number of halogens is 2. The number of carbonyl (C=O) groups is 1. The molecule has 0 N–H and O–H groups in total. The Morgan fingerprint density at radius 2 is 1.82 bits per heavy atom. The lowest BCUT2D eigenvalue weighted by Crippen LogP contribution is -2.15. The molecule has 2 rings (SSSR count). The number of nitrogens with zero attached hydrogens (tertiary/aromatic N) is 3. The Morgan fingerprint density at radius 1 is 1.29 bits per heavy atom. The van der Waals surface area contributed by atoms with Crippen LogP contribution >= 0.6 is 23.2 Å². The van der Waals surface area contributed by atoms with Crippen LogP contribution in [-0.2, 0) is 16.1 Å². The number of hydrogen-bond acceptors (Lipinski definition) is 4. The van der Waals surface area contributed by atoms with Gasteiger partial charge in [-0.05, 0) is 19.1 Å². The van der Waals surface area contributed by atoms with E-state index in [2.05, 4.69) is 10.2 Å². The van der Waals surface area contributed by atoms with Crippen LogP contribution in [0.2, 0.25) is 10.0 Å². The van der Waals surface area contributed by atoms with Crippen LogP contribution in [0.5, 0.6) is 0 Å². The second-order valence-corrected chi connectivity index (χ2v) is 4.10. The van der Waals surface area contributed by atoms with Gasteiger partial charge in [0.15, 0.2) is 6.54 Å². The Hall–Kier alpha value is -1.33. The summed E-state index contributed by atoms with van der Waals surface area (Å²) in [7, 11) is 0. The van der Waals surface area contributed by atoms with Crippen molar-refractivity contribution in [3.63, 3.8) is 0 Å². The van der Waals surface area contributed by atoms with Gasteiger partial charge in [0.1, 0.15) is 11.0 Å². The fraction of sp³-hybridized carbons (Fsp3) is 0.300. The lowest BCUT2D eigenvalue weighted by molar-refractivity contribution is -0.144. The number of ether oxygens (including phenoxy) is 1. The molecule has 0 bridgehead atoms. The molecule has 0 unspecified atom stereocenters. The van der Waals surface area contributed by atoms with Crippen molar-refractivity contribution in [3.05, 3.63) is 22.2 Å². The molecule has 0 fully saturated rings. The second-order valence-electron chi connectivity index (χ2n) is 3.29. The fourth-order valence-corrected chi connectivity index (χ4v) is 1.67. The van der Waals surface area contributed by atoms with Gasteiger partial charge in [-0.15, -0.1) is 0 Å². The maximum atomic E-state index is 11.2. The number of carbonyl (C=O) groups excluding carboxylic acids is 1. The van der Waals surface area contributed by atoms with Gasteiger partial charge < -0.3 is 4.74 Å². The normalized spacial score (nSPS) is 10.8. The van der Waals surface area contributed by atoms with Crippen LogP contribution in [0, 0.1) is 0 Å². The first-order valence-electron chi connectivity index (χ1n) is 4.95. The van der Waals surface area contributed by atoms with E-state index < -0.39 is 0 Å². The highest BCUT2D eigenvalue weighted by Crippen LogP contribution is 2.25. The van der Waals surface area contributed by atoms with E-state index in [0.717, 1.165) is 0 Å². The Morgan fingerprint density at radius 3 is 2.29 bits per heavy atom. The van der Waals surface area contributed by atoms with Gasteiger partial charge in [-0.25, -0.2) is 4.79 Å². The summed E-state index contributed by atoms with van der Waals surface area (Å²) < 4.78 is 4.80. The molecule has 0 aliphatic heterocycles. The molecule has 0 aliphatic carbocycles. The molecule has 0 aliphatic rings. The van der Waals surface area contributed by atoms with E-state index >= 15 is 0 Å². The third kappa shape index (κ3) is 2.68. The topological polar surface area (TPSA) is 57.0 Å². The summed E-state index contributed by atoms with van der Waals surface area (Å²) in [6, 6.07) is 3.21. The molecule has 0 atom stereocenters. The molecule has 17 heavy (non-hydrogen) atoms. The molecule has 0 saturated carbocycles. The number of hydrogen-bond donors (Lipinski definition) is 0. The Bertz CT molecular complexity index is 529. The van der Waals surface area contributed by atoms with Crippen molar-refractivity contribution in [3.8, 4) is 0 Å². The van der Waals surface area contributed by atoms with Crippen LogP contribution in [0.25, 0.3) is 11.0 Å². The van der Waals surface area contributed by atoms with Gasteiger partial charge in [0.25, 0.3) is 0 Å². The smallest absolute Gasteiger partial charge is 0.329 e. The van der Waals surface area contributed by atoms with E-state index in [9.17, 15) is 4.79 Å². The molecule has 0 spiro atoms. The van der Waals surface area contributed by atoms with E-state index in [1.807, 2.05) is 0 Å². The standard InChI is InChI=1S/C10H9Cl2N3O2/c1-2-17-10(16)5-15-13-8-3-6(11)7(12)4-9(8)14-15/h3-4H,2,5H2,1H3. The van der Waals surface area contributed by atoms with Crippen LogP contribution in [0.1, 0.15) is 6.92 Å². The minimum absolute atomic E-state index is 0.0300. The summed E-state index contributed by atoms with van der Waals surface area (Å²) in [4.78, 5) is 12.5. The lowest BCUT2D eigenvalue weighted by atomic mass is 10.3. The van der Waals surface area contributed by atoms with Gasteiger partial charge in [0.2, 0.25) is 0 Å². The Labute approximate surface area is 107 Å². The van der Waals surface area contributed by atoms with E-state index in [0.29, 0.717) is 27.7 Å². The quantitative estimate of drug-likeness (QED) is 0.806. The Balaban J connectivity index is 2.29. The molecule has 7 heteroatoms. The van der Waals surface area contributed by atoms with E-state index in [1.165, 1.54) is 4.80 Å². The zero-order chi connectivity index (χ0) is 12.4. The first kappa shape index (κ1) is 12.1. The van der Waals surface area contributed by atoms with Crippen LogP contribution in [0.3, 0.4) is 0 Å². The third-order valence-electron chi connectivity index (χ3n) is 2.04. The minimum Gasteiger partial charge on any atom is -0.465 e. The monoisotopic (exact) mass is 273 g/mol. The Kier molecular flexibility index (Phi) is 3.49. The second kappa shape index (κ2) is 4.89. The van der Waals surface area contributed by atoms with Crippen molar-refractivity contribution < 1.29 is 9.53 Å². The first-order chi connectivity index (χ1) is 8.10. The predicted molar refractivity (Wildman–Crippen MR) is 64.2 cm³/mol. The van der Waals surface area contributed by atoms with Gasteiger partial charge in [-0.2, -0.15) is 15.0 Å². The van der Waals surface area contributed by atoms with Gasteiger partial charge in [0, 0.05) is 0 Å². The van der Waals surface area contributed by atoms with Gasteiger partial charge in [0.05, 0.1) is 16.7 Å². The number of fused-ring (bicyclic) bond motifs is 1. The molecule has 90 valence electrons. The highest BCUT2D eigenvalue weighted by Gasteiger charge is 2.10. The van der Waals surface area contributed by atoms with E-state index in [4.69, 9.17) is 27.9 Å². The first-order valence-corrected chi connectivity index (χ1v) is 5.71. The third-order valence-corrected chi connectivity index (χ3v) is 2.76. The maximum absolute atomic E-state index is 11.2. The van der Waals surface area contributed by atoms with Crippen molar-refractivity contribution in [1.82, 2.24) is 15.0 Å². The van der Waals surface area contributed by atoms with Gasteiger partial charge in [-0.1, -0.05) is 23.2 Å². The molecule has 2 aromatic rings. The maximum Gasteiger partial charge on any atom is 0.329 e. The summed E-state index contributed by atoms with van der Waals surface area (Å²) in [5.74, 6) is -0.384. The molecule has 0 amide bonds. The highest BCUT2D eigenvalue weighted by atomic mass is 35.5. The molecule has 5 nitrogen and oxygen atoms in total. The van der Waals surface area contributed by atoms with Crippen LogP contribution < -0.4 is 0 Å². The van der Waals surface area contributed by atoms with Crippen molar-refractivity contribution >= 4 is 40.2 Å². The summed E-state index contributed by atoms with van der Waals surface area (Å²) in [6.45, 7) is 2.04. The average molecular weight is 274 g/mol. The molecule has 1 aromatic heterocycles. The number of aromatic nitrogens is 3. The predicted octanol–water partition coefficient (Wildman–Crippen LogP) is 2.30. The summed E-state index contributed by atoms with van der Waals surface area (Å²) in [5.41, 5.74) is 1.17. The fourth-order valence-electron chi connectivity index (χ4n) is 1.35. The van der Waals surface area contributed by atoms with E-state index in [-0.39, 0.29) is 12.5 Å². The SMILES string of the molecule is CCOC(=O)Cn1nc2cc(Cl)c(Cl)cc2n1. The van der Waals surface area contributed by atoms with Gasteiger partial charge in [-0.3, -0.25) is 0 Å². The number of rotatable bonds is 3. The van der Waals surface area contributed by atoms with Crippen LogP contribution in [0.15, 0.2) is 12.1 Å².